The zero-order valence-electron chi connectivity index (χ0n) is 18.0. The number of hydrogen-bond donors (Lipinski definition) is 2. The fourth-order valence-electron chi connectivity index (χ4n) is 2.75. The van der Waals surface area contributed by atoms with Crippen molar-refractivity contribution < 1.29 is 27.4 Å². The quantitative estimate of drug-likeness (QED) is 0.391. The van der Waals surface area contributed by atoms with E-state index < -0.39 is 17.8 Å². The summed E-state index contributed by atoms with van der Waals surface area (Å²) < 4.78 is 49.9. The predicted molar refractivity (Wildman–Crippen MR) is 118 cm³/mol. The summed E-state index contributed by atoms with van der Waals surface area (Å²) in [7, 11) is 0. The van der Waals surface area contributed by atoms with E-state index in [1.165, 1.54) is 6.07 Å². The van der Waals surface area contributed by atoms with Crippen LogP contribution in [0.25, 0.3) is 11.4 Å². The third-order valence-corrected chi connectivity index (χ3v) is 4.27. The topological polar surface area (TPSA) is 76.2 Å². The fraction of sp³-hybridized carbons (Fsp3) is 0.250. The number of aromatic nitrogens is 2. The van der Waals surface area contributed by atoms with Gasteiger partial charge in [-0.25, -0.2) is 4.98 Å². The Hall–Kier alpha value is -3.77. The number of imidazole rings is 1. The molecule has 0 unspecified atom stereocenters. The lowest BCUT2D eigenvalue weighted by atomic mass is 10.1. The number of nitrogens with zero attached hydrogens (tertiary/aromatic N) is 1. The van der Waals surface area contributed by atoms with Crippen LogP contribution in [0.2, 0.25) is 0 Å². The summed E-state index contributed by atoms with van der Waals surface area (Å²) in [5.41, 5.74) is 0.277. The molecule has 2 N–H and O–H groups in total. The number of carbonyl (C=O) groups excluding carboxylic acids is 1. The van der Waals surface area contributed by atoms with Crippen molar-refractivity contribution in [1.82, 2.24) is 9.97 Å². The number of alkyl halides is 3. The Morgan fingerprint density at radius 1 is 1.15 bits per heavy atom. The van der Waals surface area contributed by atoms with Crippen LogP contribution in [0, 0.1) is 11.8 Å². The average molecular weight is 457 g/mol. The Labute approximate surface area is 189 Å². The van der Waals surface area contributed by atoms with Gasteiger partial charge in [-0.2, -0.15) is 13.2 Å². The third kappa shape index (κ3) is 7.12. The average Bonchev–Trinajstić information content (AvgIpc) is 3.28. The van der Waals surface area contributed by atoms with Crippen LogP contribution in [0.15, 0.2) is 54.7 Å². The number of benzene rings is 2. The van der Waals surface area contributed by atoms with E-state index in [0.717, 1.165) is 0 Å². The number of ether oxygens (including phenoxy) is 2. The lowest BCUT2D eigenvalue weighted by molar-refractivity contribution is -0.140. The lowest BCUT2D eigenvalue weighted by Gasteiger charge is -2.14. The van der Waals surface area contributed by atoms with Crippen molar-refractivity contribution in [3.63, 3.8) is 0 Å². The summed E-state index contributed by atoms with van der Waals surface area (Å²) in [5, 5.41) is 2.64. The number of amides is 1. The molecule has 172 valence electrons. The Balaban J connectivity index is 1.83. The SMILES string of the molecule is CC(C)OCCOc1ccc(-c2ncc(C(F)(F)F)[nH]2)cc1NC(=O)C#Cc1ccccc1. The minimum atomic E-state index is -4.55. The molecule has 6 nitrogen and oxygen atoms in total. The molecule has 0 aliphatic heterocycles. The summed E-state index contributed by atoms with van der Waals surface area (Å²) >= 11 is 0. The Kier molecular flexibility index (Phi) is 7.74. The van der Waals surface area contributed by atoms with Crippen molar-refractivity contribution in [2.24, 2.45) is 0 Å². The van der Waals surface area contributed by atoms with Crippen LogP contribution >= 0.6 is 0 Å². The van der Waals surface area contributed by atoms with Crippen LogP contribution in [0.3, 0.4) is 0 Å². The van der Waals surface area contributed by atoms with Gasteiger partial charge in [-0.15, -0.1) is 0 Å². The number of carbonyl (C=O) groups is 1. The first-order chi connectivity index (χ1) is 15.7. The molecule has 0 saturated carbocycles. The highest BCUT2D eigenvalue weighted by atomic mass is 19.4. The van der Waals surface area contributed by atoms with E-state index in [1.54, 1.807) is 36.4 Å². The van der Waals surface area contributed by atoms with Crippen molar-refractivity contribution in [2.45, 2.75) is 26.1 Å². The van der Waals surface area contributed by atoms with Gasteiger partial charge in [0.2, 0.25) is 0 Å². The molecule has 0 bridgehead atoms. The van der Waals surface area contributed by atoms with E-state index in [-0.39, 0.29) is 24.2 Å². The first kappa shape index (κ1) is 23.9. The minimum Gasteiger partial charge on any atom is -0.489 e. The normalized spacial score (nSPS) is 11.1. The number of halogens is 3. The molecule has 9 heteroatoms. The van der Waals surface area contributed by atoms with Crippen LogP contribution < -0.4 is 10.1 Å². The molecule has 3 rings (SSSR count). The number of H-pyrrole nitrogens is 1. The molecule has 1 aromatic heterocycles. The van der Waals surface area contributed by atoms with Crippen LogP contribution in [0.5, 0.6) is 5.75 Å². The maximum Gasteiger partial charge on any atom is 0.432 e. The highest BCUT2D eigenvalue weighted by Gasteiger charge is 2.33. The highest BCUT2D eigenvalue weighted by molar-refractivity contribution is 6.05. The van der Waals surface area contributed by atoms with E-state index in [4.69, 9.17) is 9.47 Å². The molecule has 1 amide bonds. The summed E-state index contributed by atoms with van der Waals surface area (Å²) in [6.45, 7) is 4.33. The fourth-order valence-corrected chi connectivity index (χ4v) is 2.75. The second-order valence-electron chi connectivity index (χ2n) is 7.19. The first-order valence-corrected chi connectivity index (χ1v) is 10.1. The predicted octanol–water partition coefficient (Wildman–Crippen LogP) is 4.89. The van der Waals surface area contributed by atoms with E-state index in [1.807, 2.05) is 19.9 Å². The third-order valence-electron chi connectivity index (χ3n) is 4.27. The van der Waals surface area contributed by atoms with Gasteiger partial charge in [-0.05, 0) is 44.2 Å². The summed E-state index contributed by atoms with van der Waals surface area (Å²) in [6.07, 6.45) is -3.80. The molecule has 0 spiro atoms. The molecular formula is C24H22F3N3O3. The molecule has 0 atom stereocenters. The molecule has 0 radical (unpaired) electrons. The monoisotopic (exact) mass is 457 g/mol. The van der Waals surface area contributed by atoms with Gasteiger partial charge in [-0.3, -0.25) is 4.79 Å². The number of nitrogens with one attached hydrogen (secondary N) is 2. The highest BCUT2D eigenvalue weighted by Crippen LogP contribution is 2.32. The van der Waals surface area contributed by atoms with E-state index >= 15 is 0 Å². The van der Waals surface area contributed by atoms with Crippen LogP contribution in [-0.4, -0.2) is 35.2 Å². The van der Waals surface area contributed by atoms with E-state index in [2.05, 4.69) is 27.1 Å². The zero-order valence-corrected chi connectivity index (χ0v) is 18.0. The van der Waals surface area contributed by atoms with Crippen LogP contribution in [-0.2, 0) is 15.7 Å². The smallest absolute Gasteiger partial charge is 0.432 e. The molecule has 0 fully saturated rings. The van der Waals surface area contributed by atoms with Gasteiger partial charge in [0.05, 0.1) is 24.6 Å². The van der Waals surface area contributed by atoms with Gasteiger partial charge < -0.3 is 19.8 Å². The number of anilines is 1. The molecule has 3 aromatic rings. The van der Waals surface area contributed by atoms with Gasteiger partial charge >= 0.3 is 12.1 Å². The molecule has 0 aliphatic rings. The Bertz CT molecular complexity index is 1150. The van der Waals surface area contributed by atoms with Gasteiger partial charge in [-0.1, -0.05) is 24.1 Å². The molecular weight excluding hydrogens is 435 g/mol. The first-order valence-electron chi connectivity index (χ1n) is 10.1. The van der Waals surface area contributed by atoms with Gasteiger partial charge in [0.1, 0.15) is 23.9 Å². The molecule has 0 aliphatic carbocycles. The largest absolute Gasteiger partial charge is 0.489 e. The lowest BCUT2D eigenvalue weighted by Crippen LogP contribution is -2.14. The minimum absolute atomic E-state index is 0.00267. The van der Waals surface area contributed by atoms with E-state index in [0.29, 0.717) is 29.7 Å². The maximum absolute atomic E-state index is 12.9. The van der Waals surface area contributed by atoms with Gasteiger partial charge in [0.15, 0.2) is 0 Å². The number of aromatic amines is 1. The van der Waals surface area contributed by atoms with Crippen molar-refractivity contribution in [2.75, 3.05) is 18.5 Å². The van der Waals surface area contributed by atoms with Crippen molar-refractivity contribution in [3.05, 3.63) is 66.0 Å². The van der Waals surface area contributed by atoms with Gasteiger partial charge in [0, 0.05) is 17.0 Å². The molecule has 0 saturated heterocycles. The summed E-state index contributed by atoms with van der Waals surface area (Å²) in [4.78, 5) is 18.4. The number of hydrogen-bond acceptors (Lipinski definition) is 4. The Morgan fingerprint density at radius 3 is 2.58 bits per heavy atom. The summed E-state index contributed by atoms with van der Waals surface area (Å²) in [6, 6.07) is 13.5. The Morgan fingerprint density at radius 2 is 1.91 bits per heavy atom. The van der Waals surface area contributed by atoms with Crippen LogP contribution in [0.1, 0.15) is 25.1 Å². The number of rotatable bonds is 7. The molecule has 2 aromatic carbocycles. The van der Waals surface area contributed by atoms with Crippen LogP contribution in [0.4, 0.5) is 18.9 Å². The van der Waals surface area contributed by atoms with E-state index in [9.17, 15) is 18.0 Å². The second-order valence-corrected chi connectivity index (χ2v) is 7.19. The second kappa shape index (κ2) is 10.7. The molecule has 1 heterocycles. The maximum atomic E-state index is 12.9. The van der Waals surface area contributed by atoms with Crippen molar-refractivity contribution in [1.29, 1.82) is 0 Å². The zero-order chi connectivity index (χ0) is 23.8. The standard InChI is InChI=1S/C24H22F3N3O3/c1-16(2)32-12-13-33-20-10-9-18(23-28-15-21(30-23)24(25,26)27)14-19(20)29-22(31)11-8-17-6-4-3-5-7-17/h3-7,9-10,14-16H,12-13H2,1-2H3,(H,28,30)(H,29,31). The summed E-state index contributed by atoms with van der Waals surface area (Å²) in [5.74, 6) is 4.96. The van der Waals surface area contributed by atoms with Crippen molar-refractivity contribution >= 4 is 11.6 Å². The molecule has 33 heavy (non-hydrogen) atoms. The van der Waals surface area contributed by atoms with Gasteiger partial charge in [0.25, 0.3) is 0 Å². The van der Waals surface area contributed by atoms with Crippen molar-refractivity contribution in [3.8, 4) is 29.0 Å².